The molecule has 0 aliphatic carbocycles. The summed E-state index contributed by atoms with van der Waals surface area (Å²) in [6.45, 7) is 13.2. The number of H-pyrrole nitrogens is 1. The van der Waals surface area contributed by atoms with Gasteiger partial charge in [0.15, 0.2) is 0 Å². The summed E-state index contributed by atoms with van der Waals surface area (Å²) in [7, 11) is 0. The summed E-state index contributed by atoms with van der Waals surface area (Å²) in [5.74, 6) is 0. The molecule has 0 saturated heterocycles. The Morgan fingerprint density at radius 1 is 0.864 bits per heavy atom. The molecule has 0 unspecified atom stereocenters. The molecule has 0 saturated carbocycles. The number of aromatic nitrogens is 1. The number of rotatable bonds is 5. The maximum atomic E-state index is 4.81. The fourth-order valence-electron chi connectivity index (χ4n) is 3.56. The van der Waals surface area contributed by atoms with Crippen molar-refractivity contribution in [1.82, 2.24) is 4.98 Å². The van der Waals surface area contributed by atoms with E-state index in [1.165, 1.54) is 39.4 Å². The first-order chi connectivity index (χ1) is 10.1. The Kier molecular flexibility index (Phi) is 6.86. The minimum Gasteiger partial charge on any atom is -0.359 e. The molecular formula is C19H29BrN2. The van der Waals surface area contributed by atoms with Crippen LogP contribution in [0.4, 0.5) is 0 Å². The average molecular weight is 365 g/mol. The summed E-state index contributed by atoms with van der Waals surface area (Å²) in [4.78, 5) is 8.38. The Hall–Kier alpha value is -1.09. The third-order valence-electron chi connectivity index (χ3n) is 4.56. The zero-order valence-electron chi connectivity index (χ0n) is 14.8. The van der Waals surface area contributed by atoms with Gasteiger partial charge in [-0.2, -0.15) is 0 Å². The van der Waals surface area contributed by atoms with Crippen LogP contribution in [0.25, 0.3) is 6.08 Å². The number of allylic oxidation sites excluding steroid dienone is 2. The van der Waals surface area contributed by atoms with Gasteiger partial charge in [-0.25, -0.2) is 0 Å². The van der Waals surface area contributed by atoms with Crippen molar-refractivity contribution in [1.29, 1.82) is 0 Å². The number of aliphatic imine (C=N–C) groups is 1. The van der Waals surface area contributed by atoms with Gasteiger partial charge in [0, 0.05) is 17.1 Å². The minimum atomic E-state index is 0. The summed E-state index contributed by atoms with van der Waals surface area (Å²) in [6, 6.07) is 0. The van der Waals surface area contributed by atoms with Crippen LogP contribution >= 0.6 is 17.0 Å². The quantitative estimate of drug-likeness (QED) is 0.667. The van der Waals surface area contributed by atoms with Crippen molar-refractivity contribution in [2.24, 2.45) is 4.99 Å². The molecule has 0 spiro atoms. The predicted molar refractivity (Wildman–Crippen MR) is 103 cm³/mol. The van der Waals surface area contributed by atoms with Crippen LogP contribution in [0.2, 0.25) is 0 Å². The van der Waals surface area contributed by atoms with Gasteiger partial charge in [-0.1, -0.05) is 27.7 Å². The van der Waals surface area contributed by atoms with Crippen molar-refractivity contribution >= 4 is 28.8 Å². The van der Waals surface area contributed by atoms with Crippen LogP contribution in [-0.2, 0) is 12.8 Å². The molecule has 3 heteroatoms. The van der Waals surface area contributed by atoms with Gasteiger partial charge in [0.2, 0.25) is 0 Å². The highest BCUT2D eigenvalue weighted by molar-refractivity contribution is 8.93. The highest BCUT2D eigenvalue weighted by atomic mass is 79.9. The lowest BCUT2D eigenvalue weighted by molar-refractivity contribution is 1.04. The predicted octanol–water partition coefficient (Wildman–Crippen LogP) is 5.96. The number of hydrogen-bond donors (Lipinski definition) is 1. The van der Waals surface area contributed by atoms with Crippen LogP contribution in [0.5, 0.6) is 0 Å². The first-order valence-corrected chi connectivity index (χ1v) is 8.27. The molecular weight excluding hydrogens is 336 g/mol. The number of nitrogens with zero attached hydrogens (tertiary/aromatic N) is 1. The monoisotopic (exact) mass is 364 g/mol. The molecule has 2 heterocycles. The molecule has 0 amide bonds. The van der Waals surface area contributed by atoms with Gasteiger partial charge in [-0.15, -0.1) is 17.0 Å². The first kappa shape index (κ1) is 19.0. The van der Waals surface area contributed by atoms with Gasteiger partial charge in [0.1, 0.15) is 0 Å². The van der Waals surface area contributed by atoms with E-state index < -0.39 is 0 Å². The van der Waals surface area contributed by atoms with Crippen molar-refractivity contribution in [3.63, 3.8) is 0 Å². The molecule has 1 aliphatic heterocycles. The summed E-state index contributed by atoms with van der Waals surface area (Å²) >= 11 is 0. The highest BCUT2D eigenvalue weighted by Crippen LogP contribution is 2.32. The molecule has 1 aliphatic rings. The van der Waals surface area contributed by atoms with Crippen molar-refractivity contribution in [2.45, 2.75) is 67.2 Å². The lowest BCUT2D eigenvalue weighted by atomic mass is 9.99. The van der Waals surface area contributed by atoms with Crippen LogP contribution in [0, 0.1) is 6.92 Å². The fourth-order valence-corrected chi connectivity index (χ4v) is 3.56. The molecule has 0 fully saturated rings. The van der Waals surface area contributed by atoms with Crippen molar-refractivity contribution in [3.8, 4) is 0 Å². The van der Waals surface area contributed by atoms with E-state index in [4.69, 9.17) is 4.99 Å². The number of nitrogens with one attached hydrogen (secondary N) is 1. The van der Waals surface area contributed by atoms with Gasteiger partial charge < -0.3 is 4.98 Å². The standard InChI is InChI=1S/C19H28N2.BrH/c1-7-14-12(5)20-18(16(14)9-3)11-19-17(10-4)15(8-2)13(6)21-19;/h11,20H,7-10H2,1-6H3;1H. The third kappa shape index (κ3) is 3.29. The molecule has 0 aromatic carbocycles. The van der Waals surface area contributed by atoms with Gasteiger partial charge in [-0.3, -0.25) is 4.99 Å². The van der Waals surface area contributed by atoms with Crippen molar-refractivity contribution < 1.29 is 0 Å². The van der Waals surface area contributed by atoms with Crippen molar-refractivity contribution in [2.75, 3.05) is 0 Å². The molecule has 1 aromatic heterocycles. The summed E-state index contributed by atoms with van der Waals surface area (Å²) in [6.07, 6.45) is 6.54. The number of aryl methyl sites for hydroxylation is 1. The lowest BCUT2D eigenvalue weighted by Crippen LogP contribution is -1.93. The second-order valence-electron chi connectivity index (χ2n) is 5.72. The minimum absolute atomic E-state index is 0. The second kappa shape index (κ2) is 7.96. The fraction of sp³-hybridized carbons (Fsp3) is 0.526. The maximum absolute atomic E-state index is 4.81. The molecule has 1 aromatic rings. The van der Waals surface area contributed by atoms with Crippen LogP contribution < -0.4 is 0 Å². The van der Waals surface area contributed by atoms with Gasteiger partial charge in [0.05, 0.1) is 5.70 Å². The number of hydrogen-bond acceptors (Lipinski definition) is 1. The molecule has 0 radical (unpaired) electrons. The Morgan fingerprint density at radius 2 is 1.45 bits per heavy atom. The lowest BCUT2D eigenvalue weighted by Gasteiger charge is -2.05. The summed E-state index contributed by atoms with van der Waals surface area (Å²) in [5, 5.41) is 0. The van der Waals surface area contributed by atoms with E-state index in [0.29, 0.717) is 0 Å². The maximum Gasteiger partial charge on any atom is 0.0688 e. The molecule has 2 rings (SSSR count). The first-order valence-electron chi connectivity index (χ1n) is 8.27. The molecule has 22 heavy (non-hydrogen) atoms. The third-order valence-corrected chi connectivity index (χ3v) is 4.56. The summed E-state index contributed by atoms with van der Waals surface area (Å²) in [5.41, 5.74) is 10.7. The van der Waals surface area contributed by atoms with E-state index in [-0.39, 0.29) is 17.0 Å². The van der Waals surface area contributed by atoms with Gasteiger partial charge >= 0.3 is 0 Å². The van der Waals surface area contributed by atoms with Crippen LogP contribution in [0.3, 0.4) is 0 Å². The van der Waals surface area contributed by atoms with E-state index >= 15 is 0 Å². The Morgan fingerprint density at radius 3 is 1.95 bits per heavy atom. The van der Waals surface area contributed by atoms with Crippen LogP contribution in [-0.4, -0.2) is 10.7 Å². The zero-order chi connectivity index (χ0) is 15.6. The van der Waals surface area contributed by atoms with Crippen LogP contribution in [0.15, 0.2) is 21.8 Å². The van der Waals surface area contributed by atoms with Crippen LogP contribution in [0.1, 0.15) is 70.0 Å². The Balaban J connectivity index is 0.00000242. The van der Waals surface area contributed by atoms with E-state index in [1.807, 2.05) is 0 Å². The molecule has 122 valence electrons. The molecule has 0 bridgehead atoms. The van der Waals surface area contributed by atoms with Gasteiger partial charge in [-0.05, 0) is 67.9 Å². The topological polar surface area (TPSA) is 28.1 Å². The Labute approximate surface area is 145 Å². The number of aromatic amines is 1. The largest absolute Gasteiger partial charge is 0.359 e. The van der Waals surface area contributed by atoms with Gasteiger partial charge in [0.25, 0.3) is 0 Å². The van der Waals surface area contributed by atoms with E-state index in [9.17, 15) is 0 Å². The normalized spacial score (nSPS) is 16.3. The average Bonchev–Trinajstić information content (AvgIpc) is 2.94. The SMILES string of the molecule is Br.CCC1=C(CC)C(C)=NC1=Cc1[nH]c(C)c(CC)c1CC. The molecule has 1 N–H and O–H groups in total. The highest BCUT2D eigenvalue weighted by Gasteiger charge is 2.19. The summed E-state index contributed by atoms with van der Waals surface area (Å²) < 4.78 is 0. The van der Waals surface area contributed by atoms with Crippen molar-refractivity contribution in [3.05, 3.63) is 39.4 Å². The molecule has 2 nitrogen and oxygen atoms in total. The van der Waals surface area contributed by atoms with E-state index in [1.54, 1.807) is 0 Å². The van der Waals surface area contributed by atoms with E-state index in [0.717, 1.165) is 31.4 Å². The zero-order valence-corrected chi connectivity index (χ0v) is 16.5. The second-order valence-corrected chi connectivity index (χ2v) is 5.72. The smallest absolute Gasteiger partial charge is 0.0688 e. The van der Waals surface area contributed by atoms with E-state index in [2.05, 4.69) is 52.6 Å². The molecule has 0 atom stereocenters. The number of halogens is 1. The Bertz CT molecular complexity index is 630.